The molecule has 0 bridgehead atoms. The van der Waals surface area contributed by atoms with Gasteiger partial charge in [0.2, 0.25) is 0 Å². The van der Waals surface area contributed by atoms with Gasteiger partial charge in [-0.3, -0.25) is 0 Å². The molecule has 14 heavy (non-hydrogen) atoms. The first-order valence-electron chi connectivity index (χ1n) is 4.77. The van der Waals surface area contributed by atoms with Crippen LogP contribution in [-0.4, -0.2) is 4.98 Å². The van der Waals surface area contributed by atoms with Crippen LogP contribution in [0, 0.1) is 0 Å². The van der Waals surface area contributed by atoms with Crippen molar-refractivity contribution in [1.82, 2.24) is 4.98 Å². The van der Waals surface area contributed by atoms with E-state index in [1.54, 1.807) is 11.3 Å². The number of hydrogen-bond acceptors (Lipinski definition) is 2. The van der Waals surface area contributed by atoms with Gasteiger partial charge in [-0.15, -0.1) is 17.9 Å². The minimum Gasteiger partial charge on any atom is -0.241 e. The van der Waals surface area contributed by atoms with Crippen molar-refractivity contribution < 1.29 is 0 Å². The van der Waals surface area contributed by atoms with Gasteiger partial charge in [0.25, 0.3) is 0 Å². The van der Waals surface area contributed by atoms with E-state index in [0.717, 1.165) is 11.9 Å². The molecule has 0 saturated heterocycles. The highest BCUT2D eigenvalue weighted by atomic mass is 32.1. The van der Waals surface area contributed by atoms with Crippen molar-refractivity contribution in [1.29, 1.82) is 0 Å². The van der Waals surface area contributed by atoms with Crippen LogP contribution in [-0.2, 0) is 0 Å². The second-order valence-corrected chi connectivity index (χ2v) is 4.51. The average Bonchev–Trinajstić information content (AvgIpc) is 2.61. The normalized spacial score (nSPS) is 12.9. The van der Waals surface area contributed by atoms with E-state index in [-0.39, 0.29) is 0 Å². The van der Waals surface area contributed by atoms with E-state index in [1.165, 1.54) is 9.71 Å². The summed E-state index contributed by atoms with van der Waals surface area (Å²) in [6.07, 6.45) is 2.95. The monoisotopic (exact) mass is 203 g/mol. The van der Waals surface area contributed by atoms with Gasteiger partial charge in [0.05, 0.1) is 15.2 Å². The fourth-order valence-electron chi connectivity index (χ4n) is 1.45. The van der Waals surface area contributed by atoms with Crippen LogP contribution in [0.25, 0.3) is 10.2 Å². The van der Waals surface area contributed by atoms with Crippen LogP contribution in [0.5, 0.6) is 0 Å². The molecule has 0 unspecified atom stereocenters. The minimum absolute atomic E-state index is 0.491. The predicted molar refractivity (Wildman–Crippen MR) is 62.8 cm³/mol. The molecule has 2 rings (SSSR count). The number of benzene rings is 1. The Kier molecular flexibility index (Phi) is 2.64. The molecule has 0 saturated carbocycles. The summed E-state index contributed by atoms with van der Waals surface area (Å²) in [4.78, 5) is 4.60. The van der Waals surface area contributed by atoms with Crippen LogP contribution < -0.4 is 0 Å². The lowest BCUT2D eigenvalue weighted by Gasteiger charge is -2.01. The Balaban J connectivity index is 2.39. The quantitative estimate of drug-likeness (QED) is 0.688. The van der Waals surface area contributed by atoms with Crippen LogP contribution in [0.15, 0.2) is 36.9 Å². The second kappa shape index (κ2) is 3.93. The third-order valence-corrected chi connectivity index (χ3v) is 3.52. The molecular weight excluding hydrogens is 190 g/mol. The Hall–Kier alpha value is -1.15. The van der Waals surface area contributed by atoms with Crippen LogP contribution >= 0.6 is 11.3 Å². The third kappa shape index (κ3) is 1.70. The van der Waals surface area contributed by atoms with Crippen LogP contribution in [0.3, 0.4) is 0 Å². The fourth-order valence-corrected chi connectivity index (χ4v) is 2.48. The molecule has 72 valence electrons. The number of hydrogen-bond donors (Lipinski definition) is 0. The van der Waals surface area contributed by atoms with Crippen molar-refractivity contribution in [3.63, 3.8) is 0 Å². The second-order valence-electron chi connectivity index (χ2n) is 3.45. The van der Waals surface area contributed by atoms with Gasteiger partial charge in [-0.2, -0.15) is 0 Å². The molecule has 0 N–H and O–H groups in total. The zero-order chi connectivity index (χ0) is 9.97. The Morgan fingerprint density at radius 3 is 3.00 bits per heavy atom. The first-order valence-corrected chi connectivity index (χ1v) is 5.59. The van der Waals surface area contributed by atoms with Crippen molar-refractivity contribution >= 4 is 21.6 Å². The van der Waals surface area contributed by atoms with E-state index in [2.05, 4.69) is 36.7 Å². The maximum absolute atomic E-state index is 4.60. The summed E-state index contributed by atoms with van der Waals surface area (Å²) >= 11 is 1.79. The Morgan fingerprint density at radius 2 is 2.29 bits per heavy atom. The van der Waals surface area contributed by atoms with E-state index in [1.807, 2.05) is 12.1 Å². The van der Waals surface area contributed by atoms with Gasteiger partial charge in [0, 0.05) is 5.92 Å². The van der Waals surface area contributed by atoms with E-state index in [9.17, 15) is 0 Å². The largest absolute Gasteiger partial charge is 0.241 e. The molecule has 1 aromatic heterocycles. The van der Waals surface area contributed by atoms with Crippen LogP contribution in [0.2, 0.25) is 0 Å². The Labute approximate surface area is 88.1 Å². The Bertz CT molecular complexity index is 411. The number of allylic oxidation sites excluding steroid dienone is 1. The molecule has 1 nitrogen and oxygen atoms in total. The first kappa shape index (κ1) is 9.41. The van der Waals surface area contributed by atoms with Gasteiger partial charge in [-0.25, -0.2) is 4.98 Å². The van der Waals surface area contributed by atoms with Gasteiger partial charge in [-0.05, 0) is 18.6 Å². The summed E-state index contributed by atoms with van der Waals surface area (Å²) in [5.41, 5.74) is 1.11. The molecule has 1 atom stereocenters. The summed E-state index contributed by atoms with van der Waals surface area (Å²) in [5, 5.41) is 1.21. The van der Waals surface area contributed by atoms with Gasteiger partial charge in [0.15, 0.2) is 0 Å². The summed E-state index contributed by atoms with van der Waals surface area (Å²) < 4.78 is 1.28. The van der Waals surface area contributed by atoms with E-state index in [0.29, 0.717) is 5.92 Å². The maximum atomic E-state index is 4.60. The van der Waals surface area contributed by atoms with Crippen molar-refractivity contribution in [2.45, 2.75) is 19.3 Å². The molecule has 0 aliphatic heterocycles. The lowest BCUT2D eigenvalue weighted by Crippen LogP contribution is -1.89. The number of nitrogens with zero attached hydrogens (tertiary/aromatic N) is 1. The smallest absolute Gasteiger partial charge is 0.0969 e. The fraction of sp³-hybridized carbons (Fsp3) is 0.250. The molecule has 0 aliphatic carbocycles. The first-order chi connectivity index (χ1) is 6.81. The molecule has 0 amide bonds. The molecule has 0 fully saturated rings. The minimum atomic E-state index is 0.491. The Morgan fingerprint density at radius 1 is 1.50 bits per heavy atom. The van der Waals surface area contributed by atoms with Gasteiger partial charge < -0.3 is 0 Å². The number of aromatic nitrogens is 1. The number of para-hydroxylation sites is 1. The highest BCUT2D eigenvalue weighted by Crippen LogP contribution is 2.28. The number of rotatable bonds is 3. The highest BCUT2D eigenvalue weighted by molar-refractivity contribution is 7.18. The van der Waals surface area contributed by atoms with Gasteiger partial charge in [0.1, 0.15) is 0 Å². The number of fused-ring (bicyclic) bond motifs is 1. The molecule has 0 spiro atoms. The maximum Gasteiger partial charge on any atom is 0.0969 e. The van der Waals surface area contributed by atoms with E-state index >= 15 is 0 Å². The van der Waals surface area contributed by atoms with Crippen molar-refractivity contribution in [3.05, 3.63) is 41.9 Å². The number of thiazole rings is 1. The van der Waals surface area contributed by atoms with E-state index in [4.69, 9.17) is 0 Å². The van der Waals surface area contributed by atoms with Crippen molar-refractivity contribution in [2.24, 2.45) is 0 Å². The predicted octanol–water partition coefficient (Wildman–Crippen LogP) is 3.98. The summed E-state index contributed by atoms with van der Waals surface area (Å²) in [6, 6.07) is 8.28. The standard InChI is InChI=1S/C12H13NS/c1-3-6-9(2)12-13-10-7-4-5-8-11(10)14-12/h3-5,7-9H,1,6H2,2H3/t9-/m1/s1. The average molecular weight is 203 g/mol. The van der Waals surface area contributed by atoms with E-state index < -0.39 is 0 Å². The third-order valence-electron chi connectivity index (χ3n) is 2.25. The topological polar surface area (TPSA) is 12.9 Å². The molecule has 0 aliphatic rings. The van der Waals surface area contributed by atoms with Gasteiger partial charge in [-0.1, -0.05) is 25.1 Å². The lowest BCUT2D eigenvalue weighted by molar-refractivity contribution is 0.775. The summed E-state index contributed by atoms with van der Waals surface area (Å²) in [5.74, 6) is 0.491. The van der Waals surface area contributed by atoms with Crippen LogP contribution in [0.1, 0.15) is 24.3 Å². The summed E-state index contributed by atoms with van der Waals surface area (Å²) in [6.45, 7) is 5.95. The molecule has 0 radical (unpaired) electrons. The molecular formula is C12H13NS. The molecule has 2 aromatic rings. The molecule has 1 heterocycles. The van der Waals surface area contributed by atoms with Crippen LogP contribution in [0.4, 0.5) is 0 Å². The molecule has 2 heteroatoms. The highest BCUT2D eigenvalue weighted by Gasteiger charge is 2.09. The zero-order valence-electron chi connectivity index (χ0n) is 8.23. The SMILES string of the molecule is C=CC[C@@H](C)c1nc2ccccc2s1. The molecule has 1 aromatic carbocycles. The zero-order valence-corrected chi connectivity index (χ0v) is 9.05. The van der Waals surface area contributed by atoms with Gasteiger partial charge >= 0.3 is 0 Å². The van der Waals surface area contributed by atoms with Crippen molar-refractivity contribution in [2.75, 3.05) is 0 Å². The summed E-state index contributed by atoms with van der Waals surface area (Å²) in [7, 11) is 0. The van der Waals surface area contributed by atoms with Crippen molar-refractivity contribution in [3.8, 4) is 0 Å². The lowest BCUT2D eigenvalue weighted by atomic mass is 10.1.